The second-order valence-corrected chi connectivity index (χ2v) is 7.45. The third-order valence-corrected chi connectivity index (χ3v) is 5.85. The number of ether oxygens (including phenoxy) is 1. The zero-order valence-corrected chi connectivity index (χ0v) is 11.9. The highest BCUT2D eigenvalue weighted by molar-refractivity contribution is 7.92. The van der Waals surface area contributed by atoms with Gasteiger partial charge in [-0.3, -0.25) is 0 Å². The predicted molar refractivity (Wildman–Crippen MR) is 77.0 cm³/mol. The number of sulfone groups is 1. The molecule has 1 aromatic rings. The molecule has 0 spiro atoms. The maximum absolute atomic E-state index is 12.0. The molecule has 106 valence electrons. The predicted octanol–water partition coefficient (Wildman–Crippen LogP) is 2.40. The first-order chi connectivity index (χ1) is 9.08. The Labute approximate surface area is 114 Å². The molecule has 2 rings (SSSR count). The summed E-state index contributed by atoms with van der Waals surface area (Å²) in [5.41, 5.74) is 6.29. The molecular formula is C14H21NO3S. The molecule has 4 nitrogen and oxygen atoms in total. The third kappa shape index (κ3) is 4.13. The summed E-state index contributed by atoms with van der Waals surface area (Å²) in [4.78, 5) is 0. The Morgan fingerprint density at radius 1 is 1.26 bits per heavy atom. The van der Waals surface area contributed by atoms with Gasteiger partial charge < -0.3 is 10.5 Å². The standard InChI is InChI=1S/C14H21NO3S/c15-12-5-3-6-13(11-12)18-9-4-10-19(16,17)14-7-1-2-8-14/h3,5-6,11,14H,1-2,4,7-10,15H2. The topological polar surface area (TPSA) is 69.4 Å². The van der Waals surface area contributed by atoms with Gasteiger partial charge in [-0.2, -0.15) is 0 Å². The summed E-state index contributed by atoms with van der Waals surface area (Å²) in [6, 6.07) is 7.17. The number of hydrogen-bond donors (Lipinski definition) is 1. The fourth-order valence-corrected chi connectivity index (χ4v) is 4.37. The normalized spacial score (nSPS) is 16.6. The number of hydrogen-bond acceptors (Lipinski definition) is 4. The van der Waals surface area contributed by atoms with Crippen molar-refractivity contribution in [2.75, 3.05) is 18.1 Å². The second kappa shape index (κ2) is 6.28. The molecule has 1 aliphatic rings. The van der Waals surface area contributed by atoms with Gasteiger partial charge in [0.1, 0.15) is 5.75 Å². The molecule has 0 bridgehead atoms. The largest absolute Gasteiger partial charge is 0.493 e. The Morgan fingerprint density at radius 2 is 2.00 bits per heavy atom. The molecule has 5 heteroatoms. The molecular weight excluding hydrogens is 262 g/mol. The minimum absolute atomic E-state index is 0.111. The molecule has 0 heterocycles. The first-order valence-corrected chi connectivity index (χ1v) is 8.49. The van der Waals surface area contributed by atoms with Gasteiger partial charge in [0.15, 0.2) is 9.84 Å². The lowest BCUT2D eigenvalue weighted by atomic mass is 10.3. The lowest BCUT2D eigenvalue weighted by molar-refractivity contribution is 0.317. The van der Waals surface area contributed by atoms with Gasteiger partial charge in [0.2, 0.25) is 0 Å². The van der Waals surface area contributed by atoms with E-state index in [1.807, 2.05) is 12.1 Å². The number of anilines is 1. The summed E-state index contributed by atoms with van der Waals surface area (Å²) in [5, 5.41) is -0.111. The summed E-state index contributed by atoms with van der Waals surface area (Å²) in [7, 11) is -2.93. The van der Waals surface area contributed by atoms with E-state index >= 15 is 0 Å². The van der Waals surface area contributed by atoms with Crippen LogP contribution in [-0.2, 0) is 9.84 Å². The Hall–Kier alpha value is -1.23. The highest BCUT2D eigenvalue weighted by atomic mass is 32.2. The van der Waals surface area contributed by atoms with Crippen LogP contribution in [0, 0.1) is 0 Å². The molecule has 0 aliphatic heterocycles. The van der Waals surface area contributed by atoms with E-state index in [-0.39, 0.29) is 11.0 Å². The maximum Gasteiger partial charge on any atom is 0.153 e. The number of benzene rings is 1. The van der Waals surface area contributed by atoms with Crippen molar-refractivity contribution in [3.8, 4) is 5.75 Å². The van der Waals surface area contributed by atoms with Gasteiger partial charge in [0, 0.05) is 11.8 Å². The molecule has 1 fully saturated rings. The van der Waals surface area contributed by atoms with Crippen LogP contribution in [0.15, 0.2) is 24.3 Å². The van der Waals surface area contributed by atoms with Crippen molar-refractivity contribution < 1.29 is 13.2 Å². The van der Waals surface area contributed by atoms with Gasteiger partial charge in [0.25, 0.3) is 0 Å². The summed E-state index contributed by atoms with van der Waals surface area (Å²) < 4.78 is 29.5. The van der Waals surface area contributed by atoms with Crippen molar-refractivity contribution in [2.24, 2.45) is 0 Å². The minimum atomic E-state index is -2.93. The smallest absolute Gasteiger partial charge is 0.153 e. The maximum atomic E-state index is 12.0. The van der Waals surface area contributed by atoms with Crippen molar-refractivity contribution in [2.45, 2.75) is 37.4 Å². The van der Waals surface area contributed by atoms with E-state index < -0.39 is 9.84 Å². The summed E-state index contributed by atoms with van der Waals surface area (Å²) in [5.74, 6) is 0.915. The zero-order valence-electron chi connectivity index (χ0n) is 11.0. The van der Waals surface area contributed by atoms with E-state index in [0.717, 1.165) is 25.7 Å². The highest BCUT2D eigenvalue weighted by Crippen LogP contribution is 2.25. The van der Waals surface area contributed by atoms with Gasteiger partial charge in [-0.1, -0.05) is 18.9 Å². The van der Waals surface area contributed by atoms with E-state index in [1.54, 1.807) is 12.1 Å². The first-order valence-electron chi connectivity index (χ1n) is 6.78. The molecule has 0 radical (unpaired) electrons. The van der Waals surface area contributed by atoms with E-state index in [2.05, 4.69) is 0 Å². The molecule has 0 amide bonds. The highest BCUT2D eigenvalue weighted by Gasteiger charge is 2.27. The van der Waals surface area contributed by atoms with Crippen LogP contribution in [-0.4, -0.2) is 26.0 Å². The van der Waals surface area contributed by atoms with Crippen LogP contribution in [0.3, 0.4) is 0 Å². The van der Waals surface area contributed by atoms with Crippen molar-refractivity contribution in [3.63, 3.8) is 0 Å². The van der Waals surface area contributed by atoms with E-state index in [4.69, 9.17) is 10.5 Å². The fraction of sp³-hybridized carbons (Fsp3) is 0.571. The quantitative estimate of drug-likeness (QED) is 0.643. The van der Waals surface area contributed by atoms with Gasteiger partial charge >= 0.3 is 0 Å². The van der Waals surface area contributed by atoms with Crippen molar-refractivity contribution in [1.29, 1.82) is 0 Å². The summed E-state index contributed by atoms with van der Waals surface area (Å²) in [6.07, 6.45) is 4.29. The van der Waals surface area contributed by atoms with Gasteiger partial charge in [0.05, 0.1) is 17.6 Å². The third-order valence-electron chi connectivity index (χ3n) is 3.51. The van der Waals surface area contributed by atoms with Crippen LogP contribution in [0.4, 0.5) is 5.69 Å². The van der Waals surface area contributed by atoms with Crippen molar-refractivity contribution in [3.05, 3.63) is 24.3 Å². The van der Waals surface area contributed by atoms with Gasteiger partial charge in [-0.25, -0.2) is 8.42 Å². The molecule has 19 heavy (non-hydrogen) atoms. The van der Waals surface area contributed by atoms with Crippen molar-refractivity contribution in [1.82, 2.24) is 0 Å². The number of nitrogens with two attached hydrogens (primary N) is 1. The minimum Gasteiger partial charge on any atom is -0.493 e. The van der Waals surface area contributed by atoms with Crippen LogP contribution in [0.1, 0.15) is 32.1 Å². The summed E-state index contributed by atoms with van der Waals surface area (Å²) in [6.45, 7) is 0.412. The number of rotatable bonds is 6. The van der Waals surface area contributed by atoms with Gasteiger partial charge in [-0.15, -0.1) is 0 Å². The van der Waals surface area contributed by atoms with E-state index in [9.17, 15) is 8.42 Å². The van der Waals surface area contributed by atoms with Crippen LogP contribution < -0.4 is 10.5 Å². The van der Waals surface area contributed by atoms with E-state index in [1.165, 1.54) is 0 Å². The Kier molecular flexibility index (Phi) is 4.69. The molecule has 1 aromatic carbocycles. The average Bonchev–Trinajstić information content (AvgIpc) is 2.89. The molecule has 1 saturated carbocycles. The Bertz CT molecular complexity index is 507. The SMILES string of the molecule is Nc1cccc(OCCCS(=O)(=O)C2CCCC2)c1. The lowest BCUT2D eigenvalue weighted by Crippen LogP contribution is -2.22. The van der Waals surface area contributed by atoms with Crippen LogP contribution >= 0.6 is 0 Å². The van der Waals surface area contributed by atoms with Crippen LogP contribution in [0.5, 0.6) is 5.75 Å². The van der Waals surface area contributed by atoms with Crippen molar-refractivity contribution >= 4 is 15.5 Å². The fourth-order valence-electron chi connectivity index (χ4n) is 2.47. The molecule has 0 atom stereocenters. The Balaban J connectivity index is 1.74. The van der Waals surface area contributed by atoms with Gasteiger partial charge in [-0.05, 0) is 31.4 Å². The molecule has 1 aliphatic carbocycles. The van der Waals surface area contributed by atoms with Crippen LogP contribution in [0.25, 0.3) is 0 Å². The van der Waals surface area contributed by atoms with E-state index in [0.29, 0.717) is 24.5 Å². The monoisotopic (exact) mass is 283 g/mol. The summed E-state index contributed by atoms with van der Waals surface area (Å²) >= 11 is 0. The molecule has 0 saturated heterocycles. The number of nitrogen functional groups attached to an aromatic ring is 1. The second-order valence-electron chi connectivity index (χ2n) is 5.05. The molecule has 2 N–H and O–H groups in total. The Morgan fingerprint density at radius 3 is 2.68 bits per heavy atom. The molecule has 0 unspecified atom stereocenters. The van der Waals surface area contributed by atoms with Crippen LogP contribution in [0.2, 0.25) is 0 Å². The average molecular weight is 283 g/mol. The zero-order chi connectivity index (χ0) is 13.7. The lowest BCUT2D eigenvalue weighted by Gasteiger charge is -2.11. The first kappa shape index (κ1) is 14.2. The molecule has 0 aromatic heterocycles.